The van der Waals surface area contributed by atoms with Crippen LogP contribution in [0.4, 0.5) is 5.82 Å². The lowest BCUT2D eigenvalue weighted by atomic mass is 10.2. The Bertz CT molecular complexity index is 565. The van der Waals surface area contributed by atoms with E-state index in [1.807, 2.05) is 30.5 Å². The third kappa shape index (κ3) is 3.61. The molecular formula is C13H14BrN3OS. The van der Waals surface area contributed by atoms with Crippen LogP contribution in [-0.4, -0.2) is 23.3 Å². The molecule has 100 valence electrons. The summed E-state index contributed by atoms with van der Waals surface area (Å²) in [6, 6.07) is 7.91. The van der Waals surface area contributed by atoms with Crippen LogP contribution in [0.1, 0.15) is 5.56 Å². The van der Waals surface area contributed by atoms with Crippen molar-refractivity contribution in [1.82, 2.24) is 9.97 Å². The molecule has 0 amide bonds. The monoisotopic (exact) mass is 339 g/mol. The zero-order chi connectivity index (χ0) is 13.7. The topological polar surface area (TPSA) is 47.0 Å². The maximum atomic E-state index is 5.32. The fourth-order valence-electron chi connectivity index (χ4n) is 1.60. The molecule has 0 saturated heterocycles. The van der Waals surface area contributed by atoms with Crippen molar-refractivity contribution in [3.05, 3.63) is 40.5 Å². The van der Waals surface area contributed by atoms with Crippen LogP contribution in [0.15, 0.2) is 40.1 Å². The van der Waals surface area contributed by atoms with E-state index in [0.717, 1.165) is 26.8 Å². The molecule has 19 heavy (non-hydrogen) atoms. The Labute approximate surface area is 125 Å². The Morgan fingerprint density at radius 2 is 2.16 bits per heavy atom. The number of ether oxygens (including phenoxy) is 1. The highest BCUT2D eigenvalue weighted by Crippen LogP contribution is 2.24. The Kier molecular flexibility index (Phi) is 5.04. The number of rotatable bonds is 5. The highest BCUT2D eigenvalue weighted by molar-refractivity contribution is 9.10. The number of thioether (sulfide) groups is 1. The average molecular weight is 340 g/mol. The maximum Gasteiger partial charge on any atom is 0.189 e. The molecule has 0 aliphatic heterocycles. The van der Waals surface area contributed by atoms with Gasteiger partial charge >= 0.3 is 0 Å². The first kappa shape index (κ1) is 14.1. The molecule has 0 fully saturated rings. The average Bonchev–Trinajstić information content (AvgIpc) is 2.46. The summed E-state index contributed by atoms with van der Waals surface area (Å²) < 4.78 is 6.17. The van der Waals surface area contributed by atoms with Crippen LogP contribution in [0.3, 0.4) is 0 Å². The van der Waals surface area contributed by atoms with Crippen LogP contribution in [-0.2, 0) is 6.54 Å². The number of para-hydroxylation sites is 1. The Hall–Kier alpha value is -1.27. The zero-order valence-corrected chi connectivity index (χ0v) is 13.1. The number of halogens is 1. The summed E-state index contributed by atoms with van der Waals surface area (Å²) in [4.78, 5) is 8.60. The molecule has 0 aliphatic rings. The number of aromatic nitrogens is 2. The third-order valence-corrected chi connectivity index (χ3v) is 3.69. The van der Waals surface area contributed by atoms with Crippen molar-refractivity contribution in [3.8, 4) is 5.75 Å². The largest absolute Gasteiger partial charge is 0.496 e. The Morgan fingerprint density at radius 3 is 2.89 bits per heavy atom. The van der Waals surface area contributed by atoms with Crippen LogP contribution >= 0.6 is 27.7 Å². The smallest absolute Gasteiger partial charge is 0.189 e. The van der Waals surface area contributed by atoms with E-state index >= 15 is 0 Å². The number of methoxy groups -OCH3 is 1. The molecule has 2 aromatic rings. The number of hydrogen-bond donors (Lipinski definition) is 1. The lowest BCUT2D eigenvalue weighted by molar-refractivity contribution is 0.410. The van der Waals surface area contributed by atoms with Gasteiger partial charge in [-0.25, -0.2) is 9.97 Å². The van der Waals surface area contributed by atoms with Gasteiger partial charge in [-0.2, -0.15) is 0 Å². The SMILES string of the molecule is COc1ccccc1CNc1nc(SC)ncc1Br. The molecule has 0 saturated carbocycles. The lowest BCUT2D eigenvalue weighted by Gasteiger charge is -2.11. The van der Waals surface area contributed by atoms with Gasteiger partial charge in [0.2, 0.25) is 0 Å². The van der Waals surface area contributed by atoms with E-state index in [1.54, 1.807) is 13.3 Å². The van der Waals surface area contributed by atoms with Gasteiger partial charge in [0, 0.05) is 18.3 Å². The van der Waals surface area contributed by atoms with E-state index in [2.05, 4.69) is 31.2 Å². The van der Waals surface area contributed by atoms with Gasteiger partial charge in [0.25, 0.3) is 0 Å². The molecule has 0 unspecified atom stereocenters. The van der Waals surface area contributed by atoms with Crippen molar-refractivity contribution in [1.29, 1.82) is 0 Å². The lowest BCUT2D eigenvalue weighted by Crippen LogP contribution is -2.04. The summed E-state index contributed by atoms with van der Waals surface area (Å²) in [6.45, 7) is 0.646. The van der Waals surface area contributed by atoms with Crippen LogP contribution in [0.5, 0.6) is 5.75 Å². The van der Waals surface area contributed by atoms with Crippen LogP contribution < -0.4 is 10.1 Å². The van der Waals surface area contributed by atoms with Gasteiger partial charge in [-0.3, -0.25) is 0 Å². The second-order valence-corrected chi connectivity index (χ2v) is 5.35. The van der Waals surface area contributed by atoms with Crippen molar-refractivity contribution < 1.29 is 4.74 Å². The molecule has 2 rings (SSSR count). The Morgan fingerprint density at radius 1 is 1.37 bits per heavy atom. The molecule has 1 aromatic carbocycles. The molecule has 0 radical (unpaired) electrons. The van der Waals surface area contributed by atoms with Gasteiger partial charge < -0.3 is 10.1 Å². The summed E-state index contributed by atoms with van der Waals surface area (Å²) in [7, 11) is 1.67. The quantitative estimate of drug-likeness (QED) is 0.666. The standard InChI is InChI=1S/C13H14BrN3OS/c1-18-11-6-4-3-5-9(11)7-15-12-10(14)8-16-13(17-12)19-2/h3-6,8H,7H2,1-2H3,(H,15,16,17). The molecule has 1 N–H and O–H groups in total. The van der Waals surface area contributed by atoms with Crippen molar-refractivity contribution in [3.63, 3.8) is 0 Å². The zero-order valence-electron chi connectivity index (χ0n) is 10.7. The fraction of sp³-hybridized carbons (Fsp3) is 0.231. The molecule has 4 nitrogen and oxygen atoms in total. The molecule has 1 heterocycles. The van der Waals surface area contributed by atoms with Crippen molar-refractivity contribution in [2.24, 2.45) is 0 Å². The molecule has 0 bridgehead atoms. The molecular weight excluding hydrogens is 326 g/mol. The maximum absolute atomic E-state index is 5.32. The first-order valence-electron chi connectivity index (χ1n) is 5.67. The minimum atomic E-state index is 0.646. The van der Waals surface area contributed by atoms with Crippen LogP contribution in [0.2, 0.25) is 0 Å². The van der Waals surface area contributed by atoms with E-state index in [0.29, 0.717) is 6.54 Å². The normalized spacial score (nSPS) is 10.3. The van der Waals surface area contributed by atoms with E-state index in [9.17, 15) is 0 Å². The molecule has 0 atom stereocenters. The van der Waals surface area contributed by atoms with Crippen molar-refractivity contribution >= 4 is 33.5 Å². The minimum absolute atomic E-state index is 0.646. The molecule has 0 spiro atoms. The summed E-state index contributed by atoms with van der Waals surface area (Å²) in [6.07, 6.45) is 3.70. The van der Waals surface area contributed by atoms with E-state index in [-0.39, 0.29) is 0 Å². The van der Waals surface area contributed by atoms with Gasteiger partial charge in [-0.05, 0) is 28.3 Å². The molecule has 1 aromatic heterocycles. The van der Waals surface area contributed by atoms with Gasteiger partial charge in [0.15, 0.2) is 5.16 Å². The fourth-order valence-corrected chi connectivity index (χ4v) is 2.27. The van der Waals surface area contributed by atoms with Crippen LogP contribution in [0, 0.1) is 0 Å². The third-order valence-electron chi connectivity index (χ3n) is 2.54. The van der Waals surface area contributed by atoms with Gasteiger partial charge in [0.05, 0.1) is 11.6 Å². The summed E-state index contributed by atoms with van der Waals surface area (Å²) >= 11 is 4.95. The van der Waals surface area contributed by atoms with E-state index in [4.69, 9.17) is 4.74 Å². The number of benzene rings is 1. The summed E-state index contributed by atoms with van der Waals surface area (Å²) in [5.74, 6) is 1.65. The number of anilines is 1. The van der Waals surface area contributed by atoms with E-state index in [1.165, 1.54) is 11.8 Å². The second kappa shape index (κ2) is 6.77. The number of nitrogens with zero attached hydrogens (tertiary/aromatic N) is 2. The predicted molar refractivity (Wildman–Crippen MR) is 81.8 cm³/mol. The van der Waals surface area contributed by atoms with E-state index < -0.39 is 0 Å². The number of nitrogens with one attached hydrogen (secondary N) is 1. The second-order valence-electron chi connectivity index (χ2n) is 3.72. The Balaban J connectivity index is 2.14. The highest BCUT2D eigenvalue weighted by atomic mass is 79.9. The van der Waals surface area contributed by atoms with Gasteiger partial charge in [-0.15, -0.1) is 0 Å². The molecule has 0 aliphatic carbocycles. The van der Waals surface area contributed by atoms with Crippen molar-refractivity contribution in [2.75, 3.05) is 18.7 Å². The summed E-state index contributed by atoms with van der Waals surface area (Å²) in [5, 5.41) is 4.03. The summed E-state index contributed by atoms with van der Waals surface area (Å²) in [5.41, 5.74) is 1.08. The first-order chi connectivity index (χ1) is 9.24. The van der Waals surface area contributed by atoms with Gasteiger partial charge in [0.1, 0.15) is 11.6 Å². The predicted octanol–water partition coefficient (Wildman–Crippen LogP) is 3.58. The van der Waals surface area contributed by atoms with Gasteiger partial charge in [-0.1, -0.05) is 30.0 Å². The number of hydrogen-bond acceptors (Lipinski definition) is 5. The minimum Gasteiger partial charge on any atom is -0.496 e. The highest BCUT2D eigenvalue weighted by Gasteiger charge is 2.06. The van der Waals surface area contributed by atoms with Crippen LogP contribution in [0.25, 0.3) is 0 Å². The molecule has 6 heteroatoms. The van der Waals surface area contributed by atoms with Crippen molar-refractivity contribution in [2.45, 2.75) is 11.7 Å². The first-order valence-corrected chi connectivity index (χ1v) is 7.68.